The summed E-state index contributed by atoms with van der Waals surface area (Å²) in [4.78, 5) is 12.3. The third-order valence-corrected chi connectivity index (χ3v) is 4.09. The molecule has 0 aromatic heterocycles. The number of amides is 1. The molecule has 2 aliphatic heterocycles. The van der Waals surface area contributed by atoms with E-state index in [0.29, 0.717) is 48.5 Å². The van der Waals surface area contributed by atoms with Crippen LogP contribution in [0.15, 0.2) is 12.1 Å². The Balaban J connectivity index is 1.64. The van der Waals surface area contributed by atoms with Gasteiger partial charge >= 0.3 is 0 Å². The Morgan fingerprint density at radius 2 is 2.27 bits per heavy atom. The van der Waals surface area contributed by atoms with Gasteiger partial charge in [-0.3, -0.25) is 4.79 Å². The predicted molar refractivity (Wildman–Crippen MR) is 81.9 cm³/mol. The number of benzene rings is 1. The minimum Gasteiger partial charge on any atom is -0.493 e. The topological polar surface area (TPSA) is 68.8 Å². The van der Waals surface area contributed by atoms with Crippen LogP contribution in [0.2, 0.25) is 0 Å². The minimum atomic E-state index is -0.110. The van der Waals surface area contributed by atoms with Gasteiger partial charge in [0.15, 0.2) is 11.5 Å². The Kier molecular flexibility index (Phi) is 4.68. The summed E-state index contributed by atoms with van der Waals surface area (Å²) in [5.74, 6) is 2.22. The smallest absolute Gasteiger partial charge is 0.251 e. The fraction of sp³-hybridized carbons (Fsp3) is 0.562. The summed E-state index contributed by atoms with van der Waals surface area (Å²) in [5, 5.41) is 6.30. The number of nitrogens with one attached hydrogen (secondary N) is 2. The standard InChI is InChI=1S/C16H22N2O4/c1-20-13-8-12(9-14-15(13)22-7-6-21-14)16(19)18-5-3-11-2-4-17-10-11/h8-9,11,17H,2-7,10H2,1H3,(H,18,19). The van der Waals surface area contributed by atoms with Crippen LogP contribution >= 0.6 is 0 Å². The predicted octanol–water partition coefficient (Wildman–Crippen LogP) is 1.20. The Morgan fingerprint density at radius 3 is 3.05 bits per heavy atom. The van der Waals surface area contributed by atoms with E-state index in [2.05, 4.69) is 10.6 Å². The number of fused-ring (bicyclic) bond motifs is 1. The molecule has 1 amide bonds. The number of rotatable bonds is 5. The van der Waals surface area contributed by atoms with Crippen molar-refractivity contribution >= 4 is 5.91 Å². The molecule has 0 aliphatic carbocycles. The van der Waals surface area contributed by atoms with Gasteiger partial charge < -0.3 is 24.8 Å². The van der Waals surface area contributed by atoms with E-state index in [1.807, 2.05) is 0 Å². The maximum Gasteiger partial charge on any atom is 0.251 e. The Labute approximate surface area is 130 Å². The molecule has 22 heavy (non-hydrogen) atoms. The van der Waals surface area contributed by atoms with Crippen molar-refractivity contribution in [3.8, 4) is 17.2 Å². The normalized spacial score (nSPS) is 19.8. The Morgan fingerprint density at radius 1 is 1.41 bits per heavy atom. The van der Waals surface area contributed by atoms with E-state index in [0.717, 1.165) is 19.5 Å². The first kappa shape index (κ1) is 15.0. The van der Waals surface area contributed by atoms with Crippen LogP contribution in [0.1, 0.15) is 23.2 Å². The van der Waals surface area contributed by atoms with Crippen molar-refractivity contribution in [2.75, 3.05) is 40.0 Å². The van der Waals surface area contributed by atoms with Crippen molar-refractivity contribution in [3.63, 3.8) is 0 Å². The zero-order chi connectivity index (χ0) is 15.4. The van der Waals surface area contributed by atoms with E-state index in [1.165, 1.54) is 6.42 Å². The van der Waals surface area contributed by atoms with Gasteiger partial charge in [0.2, 0.25) is 5.75 Å². The van der Waals surface area contributed by atoms with Gasteiger partial charge in [0.05, 0.1) is 7.11 Å². The zero-order valence-electron chi connectivity index (χ0n) is 12.8. The summed E-state index contributed by atoms with van der Waals surface area (Å²) >= 11 is 0. The molecule has 1 aromatic carbocycles. The van der Waals surface area contributed by atoms with Crippen LogP contribution < -0.4 is 24.8 Å². The summed E-state index contributed by atoms with van der Waals surface area (Å²) in [7, 11) is 1.56. The van der Waals surface area contributed by atoms with E-state index in [1.54, 1.807) is 19.2 Å². The first-order valence-electron chi connectivity index (χ1n) is 7.74. The molecule has 2 N–H and O–H groups in total. The largest absolute Gasteiger partial charge is 0.493 e. The fourth-order valence-corrected chi connectivity index (χ4v) is 2.86. The van der Waals surface area contributed by atoms with Crippen LogP contribution in [0.5, 0.6) is 17.2 Å². The van der Waals surface area contributed by atoms with Crippen LogP contribution in [-0.2, 0) is 0 Å². The molecular weight excluding hydrogens is 284 g/mol. The quantitative estimate of drug-likeness (QED) is 0.855. The monoisotopic (exact) mass is 306 g/mol. The lowest BCUT2D eigenvalue weighted by molar-refractivity contribution is 0.0949. The highest BCUT2D eigenvalue weighted by molar-refractivity contribution is 5.95. The summed E-state index contributed by atoms with van der Waals surface area (Å²) in [6, 6.07) is 3.41. The van der Waals surface area contributed by atoms with Gasteiger partial charge in [-0.05, 0) is 44.0 Å². The molecule has 1 unspecified atom stereocenters. The number of methoxy groups -OCH3 is 1. The highest BCUT2D eigenvalue weighted by Gasteiger charge is 2.21. The van der Waals surface area contributed by atoms with Crippen molar-refractivity contribution in [2.24, 2.45) is 5.92 Å². The maximum absolute atomic E-state index is 12.3. The van der Waals surface area contributed by atoms with Crippen molar-refractivity contribution in [3.05, 3.63) is 17.7 Å². The molecule has 0 spiro atoms. The molecule has 0 saturated carbocycles. The number of ether oxygens (including phenoxy) is 3. The van der Waals surface area contributed by atoms with Gasteiger partial charge in [-0.25, -0.2) is 0 Å². The average Bonchev–Trinajstić information content (AvgIpc) is 3.07. The highest BCUT2D eigenvalue weighted by atomic mass is 16.6. The first-order chi connectivity index (χ1) is 10.8. The second kappa shape index (κ2) is 6.87. The minimum absolute atomic E-state index is 0.110. The van der Waals surface area contributed by atoms with Crippen molar-refractivity contribution in [1.29, 1.82) is 0 Å². The number of hydrogen-bond acceptors (Lipinski definition) is 5. The third kappa shape index (κ3) is 3.27. The summed E-state index contributed by atoms with van der Waals surface area (Å²) < 4.78 is 16.4. The lowest BCUT2D eigenvalue weighted by Crippen LogP contribution is -2.27. The molecule has 3 rings (SSSR count). The van der Waals surface area contributed by atoms with Crippen molar-refractivity contribution < 1.29 is 19.0 Å². The fourth-order valence-electron chi connectivity index (χ4n) is 2.86. The summed E-state index contributed by atoms with van der Waals surface area (Å²) in [5.41, 5.74) is 0.533. The van der Waals surface area contributed by atoms with Gasteiger partial charge in [0.1, 0.15) is 13.2 Å². The third-order valence-electron chi connectivity index (χ3n) is 4.09. The molecular formula is C16H22N2O4. The lowest BCUT2D eigenvalue weighted by Gasteiger charge is -2.21. The molecule has 1 fully saturated rings. The molecule has 6 heteroatoms. The molecule has 1 saturated heterocycles. The number of hydrogen-bond donors (Lipinski definition) is 2. The van der Waals surface area contributed by atoms with Gasteiger partial charge in [0, 0.05) is 12.1 Å². The first-order valence-corrected chi connectivity index (χ1v) is 7.74. The molecule has 0 bridgehead atoms. The van der Waals surface area contributed by atoms with Gasteiger partial charge in [-0.15, -0.1) is 0 Å². The van der Waals surface area contributed by atoms with Crippen molar-refractivity contribution in [2.45, 2.75) is 12.8 Å². The SMILES string of the molecule is COc1cc(C(=O)NCCC2CCNC2)cc2c1OCCO2. The van der Waals surface area contributed by atoms with E-state index < -0.39 is 0 Å². The van der Waals surface area contributed by atoms with Crippen LogP contribution in [0.4, 0.5) is 0 Å². The highest BCUT2D eigenvalue weighted by Crippen LogP contribution is 2.40. The molecule has 1 aromatic rings. The lowest BCUT2D eigenvalue weighted by atomic mass is 10.1. The van der Waals surface area contributed by atoms with E-state index in [4.69, 9.17) is 14.2 Å². The maximum atomic E-state index is 12.3. The summed E-state index contributed by atoms with van der Waals surface area (Å²) in [6.45, 7) is 3.79. The van der Waals surface area contributed by atoms with Crippen LogP contribution in [0.3, 0.4) is 0 Å². The van der Waals surface area contributed by atoms with Crippen LogP contribution in [0, 0.1) is 5.92 Å². The Hall–Kier alpha value is -1.95. The number of carbonyl (C=O) groups excluding carboxylic acids is 1. The van der Waals surface area contributed by atoms with Gasteiger partial charge in [0.25, 0.3) is 5.91 Å². The van der Waals surface area contributed by atoms with Gasteiger partial charge in [-0.1, -0.05) is 0 Å². The second-order valence-electron chi connectivity index (χ2n) is 5.61. The van der Waals surface area contributed by atoms with E-state index in [9.17, 15) is 4.79 Å². The molecule has 120 valence electrons. The molecule has 2 aliphatic rings. The molecule has 1 atom stereocenters. The Bertz CT molecular complexity index is 524. The molecule has 6 nitrogen and oxygen atoms in total. The van der Waals surface area contributed by atoms with Crippen LogP contribution in [0.25, 0.3) is 0 Å². The second-order valence-corrected chi connectivity index (χ2v) is 5.61. The zero-order valence-corrected chi connectivity index (χ0v) is 12.8. The summed E-state index contributed by atoms with van der Waals surface area (Å²) in [6.07, 6.45) is 2.19. The molecule has 2 heterocycles. The van der Waals surface area contributed by atoms with E-state index >= 15 is 0 Å². The van der Waals surface area contributed by atoms with Crippen molar-refractivity contribution in [1.82, 2.24) is 10.6 Å². The van der Waals surface area contributed by atoms with E-state index in [-0.39, 0.29) is 5.91 Å². The molecule has 0 radical (unpaired) electrons. The number of carbonyl (C=O) groups is 1. The van der Waals surface area contributed by atoms with Gasteiger partial charge in [-0.2, -0.15) is 0 Å². The average molecular weight is 306 g/mol. The van der Waals surface area contributed by atoms with Crippen LogP contribution in [-0.4, -0.2) is 45.9 Å².